The first-order valence-electron chi connectivity index (χ1n) is 5.61. The Morgan fingerprint density at radius 2 is 1.95 bits per heavy atom. The van der Waals surface area contributed by atoms with Crippen LogP contribution in [-0.2, 0) is 0 Å². The smallest absolute Gasteiger partial charge is 0.219 e. The van der Waals surface area contributed by atoms with Crippen molar-refractivity contribution < 1.29 is 9.47 Å². The molecular weight excluding hydrogens is 242 g/mol. The maximum Gasteiger partial charge on any atom is 0.219 e. The van der Waals surface area contributed by atoms with E-state index in [-0.39, 0.29) is 0 Å². The Morgan fingerprint density at radius 3 is 2.58 bits per heavy atom. The lowest BCUT2D eigenvalue weighted by molar-refractivity contribution is 0.407. The van der Waals surface area contributed by atoms with E-state index in [4.69, 9.17) is 20.5 Å². The van der Waals surface area contributed by atoms with Gasteiger partial charge in [-0.05, 0) is 24.6 Å². The lowest BCUT2D eigenvalue weighted by Crippen LogP contribution is -1.94. The van der Waals surface area contributed by atoms with E-state index in [9.17, 15) is 0 Å². The van der Waals surface area contributed by atoms with Crippen molar-refractivity contribution in [2.45, 2.75) is 6.92 Å². The van der Waals surface area contributed by atoms with Crippen LogP contribution in [0.25, 0.3) is 0 Å². The second-order valence-corrected chi connectivity index (χ2v) is 3.99. The van der Waals surface area contributed by atoms with E-state index in [1.54, 1.807) is 24.3 Å². The number of benzene rings is 1. The molecule has 1 heterocycles. The molecule has 19 heavy (non-hydrogen) atoms. The number of pyridine rings is 1. The highest BCUT2D eigenvalue weighted by Crippen LogP contribution is 2.27. The molecule has 2 rings (SSSR count). The predicted octanol–water partition coefficient (Wildman–Crippen LogP) is 2.64. The summed E-state index contributed by atoms with van der Waals surface area (Å²) in [4.78, 5) is 4.07. The zero-order valence-electron chi connectivity index (χ0n) is 10.7. The number of anilines is 1. The second kappa shape index (κ2) is 5.27. The number of hydrogen-bond acceptors (Lipinski definition) is 5. The van der Waals surface area contributed by atoms with Crippen molar-refractivity contribution >= 4 is 5.69 Å². The molecule has 0 spiro atoms. The van der Waals surface area contributed by atoms with E-state index in [0.29, 0.717) is 28.6 Å². The topological polar surface area (TPSA) is 81.2 Å². The summed E-state index contributed by atoms with van der Waals surface area (Å²) in [5.74, 6) is 1.47. The molecule has 1 aromatic heterocycles. The van der Waals surface area contributed by atoms with Gasteiger partial charge in [0, 0.05) is 12.1 Å². The average Bonchev–Trinajstić information content (AvgIpc) is 2.42. The minimum absolute atomic E-state index is 0.420. The van der Waals surface area contributed by atoms with Gasteiger partial charge >= 0.3 is 0 Å². The zero-order valence-corrected chi connectivity index (χ0v) is 10.7. The summed E-state index contributed by atoms with van der Waals surface area (Å²) >= 11 is 0. The first-order chi connectivity index (χ1) is 9.12. The molecular formula is C14H13N3O2. The van der Waals surface area contributed by atoms with Crippen molar-refractivity contribution in [2.75, 3.05) is 12.8 Å². The number of aromatic nitrogens is 1. The van der Waals surface area contributed by atoms with E-state index >= 15 is 0 Å². The van der Waals surface area contributed by atoms with Crippen molar-refractivity contribution in [1.29, 1.82) is 5.26 Å². The van der Waals surface area contributed by atoms with Crippen LogP contribution in [0, 0.1) is 18.3 Å². The van der Waals surface area contributed by atoms with Crippen molar-refractivity contribution in [3.63, 3.8) is 0 Å². The van der Waals surface area contributed by atoms with E-state index in [2.05, 4.69) is 4.98 Å². The standard InChI is InChI=1S/C14H13N3O2/c1-9-3-14(17-8-13(9)16)19-12-5-10(7-15)4-11(6-12)18-2/h3-6,8H,16H2,1-2H3. The van der Waals surface area contributed by atoms with Gasteiger partial charge in [-0.2, -0.15) is 5.26 Å². The molecule has 0 aliphatic carbocycles. The van der Waals surface area contributed by atoms with Gasteiger partial charge in [0.15, 0.2) is 0 Å². The minimum Gasteiger partial charge on any atom is -0.497 e. The molecule has 0 unspecified atom stereocenters. The van der Waals surface area contributed by atoms with Gasteiger partial charge in [-0.1, -0.05) is 0 Å². The van der Waals surface area contributed by atoms with Crippen LogP contribution in [0.2, 0.25) is 0 Å². The van der Waals surface area contributed by atoms with Crippen molar-refractivity contribution in [1.82, 2.24) is 4.98 Å². The monoisotopic (exact) mass is 255 g/mol. The lowest BCUT2D eigenvalue weighted by atomic mass is 10.2. The number of nitrogens with zero attached hydrogens (tertiary/aromatic N) is 2. The molecule has 1 aromatic carbocycles. The van der Waals surface area contributed by atoms with Gasteiger partial charge < -0.3 is 15.2 Å². The molecule has 0 aliphatic rings. The highest BCUT2D eigenvalue weighted by molar-refractivity contribution is 5.48. The maximum atomic E-state index is 8.94. The number of nitriles is 1. The fourth-order valence-electron chi connectivity index (χ4n) is 1.53. The SMILES string of the molecule is COc1cc(C#N)cc(Oc2cc(C)c(N)cn2)c1. The maximum absolute atomic E-state index is 8.94. The quantitative estimate of drug-likeness (QED) is 0.911. The van der Waals surface area contributed by atoms with Gasteiger partial charge in [0.2, 0.25) is 5.88 Å². The Balaban J connectivity index is 2.32. The van der Waals surface area contributed by atoms with E-state index in [1.807, 2.05) is 13.0 Å². The Morgan fingerprint density at radius 1 is 1.21 bits per heavy atom. The average molecular weight is 255 g/mol. The number of rotatable bonds is 3. The van der Waals surface area contributed by atoms with Gasteiger partial charge in [0.25, 0.3) is 0 Å². The third-order valence-electron chi connectivity index (χ3n) is 2.59. The third-order valence-corrected chi connectivity index (χ3v) is 2.59. The van der Waals surface area contributed by atoms with Gasteiger partial charge in [0.1, 0.15) is 11.5 Å². The summed E-state index contributed by atoms with van der Waals surface area (Å²) in [6.45, 7) is 1.87. The van der Waals surface area contributed by atoms with E-state index in [1.165, 1.54) is 13.3 Å². The van der Waals surface area contributed by atoms with Gasteiger partial charge in [-0.3, -0.25) is 0 Å². The highest BCUT2D eigenvalue weighted by Gasteiger charge is 2.05. The first kappa shape index (κ1) is 12.7. The molecule has 0 amide bonds. The molecule has 5 heteroatoms. The molecule has 5 nitrogen and oxygen atoms in total. The fraction of sp³-hybridized carbons (Fsp3) is 0.143. The van der Waals surface area contributed by atoms with Crippen LogP contribution in [0.4, 0.5) is 5.69 Å². The van der Waals surface area contributed by atoms with Crippen molar-refractivity contribution in [3.05, 3.63) is 41.6 Å². The Hall–Kier alpha value is -2.74. The van der Waals surface area contributed by atoms with Crippen molar-refractivity contribution in [3.8, 4) is 23.4 Å². The molecule has 0 fully saturated rings. The summed E-state index contributed by atoms with van der Waals surface area (Å²) < 4.78 is 10.7. The molecule has 0 saturated heterocycles. The highest BCUT2D eigenvalue weighted by atomic mass is 16.5. The number of aryl methyl sites for hydroxylation is 1. The normalized spacial score (nSPS) is 9.74. The molecule has 0 bridgehead atoms. The summed E-state index contributed by atoms with van der Waals surface area (Å²) in [7, 11) is 1.53. The second-order valence-electron chi connectivity index (χ2n) is 3.99. The van der Waals surface area contributed by atoms with E-state index < -0.39 is 0 Å². The van der Waals surface area contributed by atoms with Crippen LogP contribution >= 0.6 is 0 Å². The number of ether oxygens (including phenoxy) is 2. The molecule has 2 aromatic rings. The summed E-state index contributed by atoms with van der Waals surface area (Å²) in [5, 5.41) is 8.94. The summed E-state index contributed by atoms with van der Waals surface area (Å²) in [5.41, 5.74) is 7.64. The first-order valence-corrected chi connectivity index (χ1v) is 5.61. The van der Waals surface area contributed by atoms with Crippen LogP contribution in [0.15, 0.2) is 30.5 Å². The number of nitrogens with two attached hydrogens (primary N) is 1. The van der Waals surface area contributed by atoms with Crippen LogP contribution < -0.4 is 15.2 Å². The fourth-order valence-corrected chi connectivity index (χ4v) is 1.53. The van der Waals surface area contributed by atoms with Gasteiger partial charge in [-0.25, -0.2) is 4.98 Å². The molecule has 0 radical (unpaired) electrons. The largest absolute Gasteiger partial charge is 0.497 e. The van der Waals surface area contributed by atoms with Crippen LogP contribution in [0.1, 0.15) is 11.1 Å². The molecule has 0 aliphatic heterocycles. The summed E-state index contributed by atoms with van der Waals surface area (Å²) in [6, 6.07) is 8.73. The molecule has 96 valence electrons. The van der Waals surface area contributed by atoms with E-state index in [0.717, 1.165) is 5.56 Å². The zero-order chi connectivity index (χ0) is 13.8. The van der Waals surface area contributed by atoms with Gasteiger partial charge in [0.05, 0.1) is 30.6 Å². The summed E-state index contributed by atoms with van der Waals surface area (Å²) in [6.07, 6.45) is 1.54. The van der Waals surface area contributed by atoms with Crippen LogP contribution in [0.3, 0.4) is 0 Å². The Labute approximate surface area is 111 Å². The number of hydrogen-bond donors (Lipinski definition) is 1. The predicted molar refractivity (Wildman–Crippen MR) is 71.2 cm³/mol. The minimum atomic E-state index is 0.420. The molecule has 0 atom stereocenters. The van der Waals surface area contributed by atoms with Crippen LogP contribution in [-0.4, -0.2) is 12.1 Å². The van der Waals surface area contributed by atoms with Crippen molar-refractivity contribution in [2.24, 2.45) is 0 Å². The molecule has 2 N–H and O–H groups in total. The lowest BCUT2D eigenvalue weighted by Gasteiger charge is -2.08. The van der Waals surface area contributed by atoms with Gasteiger partial charge in [-0.15, -0.1) is 0 Å². The molecule has 0 saturated carbocycles. The van der Waals surface area contributed by atoms with Crippen LogP contribution in [0.5, 0.6) is 17.4 Å². The Kier molecular flexibility index (Phi) is 3.53. The number of methoxy groups -OCH3 is 1. The number of nitrogen functional groups attached to an aromatic ring is 1. The Bertz CT molecular complexity index is 648. The third kappa shape index (κ3) is 2.93.